The number of alkyl halides is 7. The predicted octanol–water partition coefficient (Wildman–Crippen LogP) is 4.94. The first-order valence-corrected chi connectivity index (χ1v) is 11.3. The van der Waals surface area contributed by atoms with Gasteiger partial charge in [0.25, 0.3) is 0 Å². The number of hydrogen-bond acceptors (Lipinski definition) is 6. The van der Waals surface area contributed by atoms with Crippen LogP contribution in [-0.2, 0) is 14.4 Å². The lowest BCUT2D eigenvalue weighted by atomic mass is 10.0. The van der Waals surface area contributed by atoms with Crippen molar-refractivity contribution in [1.29, 1.82) is 0 Å². The van der Waals surface area contributed by atoms with Crippen LogP contribution < -0.4 is 5.32 Å². The quantitative estimate of drug-likeness (QED) is 0.198. The van der Waals surface area contributed by atoms with E-state index in [1.807, 2.05) is 0 Å². The van der Waals surface area contributed by atoms with E-state index in [4.69, 9.17) is 31.4 Å². The minimum absolute atomic E-state index is 0.140. The third-order valence-electron chi connectivity index (χ3n) is 5.29. The number of pyridine rings is 1. The van der Waals surface area contributed by atoms with Crippen molar-refractivity contribution in [2.75, 3.05) is 5.32 Å². The van der Waals surface area contributed by atoms with Crippen LogP contribution in [0.4, 0.5) is 40.9 Å². The van der Waals surface area contributed by atoms with Gasteiger partial charge in [0, 0.05) is 22.7 Å². The number of aromatic amines is 1. The number of carboxylic acid groups (broad SMARTS) is 2. The molecule has 42 heavy (non-hydrogen) atoms. The van der Waals surface area contributed by atoms with E-state index in [0.717, 1.165) is 0 Å². The third kappa shape index (κ3) is 7.14. The summed E-state index contributed by atoms with van der Waals surface area (Å²) < 4.78 is 92.5. The second kappa shape index (κ2) is 11.7. The molecule has 5 N–H and O–H groups in total. The molecule has 0 saturated heterocycles. The molecule has 20 heteroatoms. The van der Waals surface area contributed by atoms with E-state index in [2.05, 4.69) is 20.5 Å². The number of aromatic hydroxyl groups is 1. The summed E-state index contributed by atoms with van der Waals surface area (Å²) >= 11 is 6.16. The number of H-pyrrole nitrogens is 1. The van der Waals surface area contributed by atoms with Gasteiger partial charge in [0.2, 0.25) is 5.91 Å². The number of fused-ring (bicyclic) bond motifs is 2. The van der Waals surface area contributed by atoms with Gasteiger partial charge in [0.1, 0.15) is 17.3 Å². The van der Waals surface area contributed by atoms with E-state index in [-0.39, 0.29) is 22.8 Å². The van der Waals surface area contributed by atoms with E-state index in [1.54, 1.807) is 28.9 Å². The van der Waals surface area contributed by atoms with Crippen molar-refractivity contribution in [2.45, 2.75) is 24.9 Å². The molecule has 226 valence electrons. The molecule has 1 saturated carbocycles. The minimum Gasteiger partial charge on any atom is -0.503 e. The van der Waals surface area contributed by atoms with Gasteiger partial charge in [-0.25, -0.2) is 23.4 Å². The average Bonchev–Trinajstić information content (AvgIpc) is 3.23. The molecule has 1 aliphatic carbocycles. The molecule has 0 unspecified atom stereocenters. The summed E-state index contributed by atoms with van der Waals surface area (Å²) in [5.74, 6) is -7.79. The first-order valence-electron chi connectivity index (χ1n) is 10.9. The van der Waals surface area contributed by atoms with E-state index < -0.39 is 53.9 Å². The summed E-state index contributed by atoms with van der Waals surface area (Å²) in [6.45, 7) is 0. The van der Waals surface area contributed by atoms with Crippen LogP contribution in [0.1, 0.15) is 6.42 Å². The lowest BCUT2D eigenvalue weighted by Crippen LogP contribution is -2.21. The summed E-state index contributed by atoms with van der Waals surface area (Å²) in [5.41, 5.74) is 1.59. The summed E-state index contributed by atoms with van der Waals surface area (Å²) in [6.07, 6.45) is -6.34. The molecular weight excluding hydrogens is 618 g/mol. The maximum absolute atomic E-state index is 14.3. The summed E-state index contributed by atoms with van der Waals surface area (Å²) in [4.78, 5) is 34.0. The Bertz CT molecular complexity index is 1640. The fraction of sp³-hybridized carbons (Fsp3) is 0.227. The lowest BCUT2D eigenvalue weighted by molar-refractivity contribution is -0.193. The smallest absolute Gasteiger partial charge is 0.490 e. The Morgan fingerprint density at radius 1 is 1.05 bits per heavy atom. The maximum Gasteiger partial charge on any atom is 0.490 e. The Hall–Kier alpha value is -4.68. The minimum atomic E-state index is -5.08. The van der Waals surface area contributed by atoms with Crippen molar-refractivity contribution in [2.24, 2.45) is 5.92 Å². The molecule has 1 fully saturated rings. The van der Waals surface area contributed by atoms with E-state index >= 15 is 0 Å². The monoisotopic (exact) mass is 631 g/mol. The number of aromatic nitrogens is 4. The Morgan fingerprint density at radius 3 is 2.10 bits per heavy atom. The van der Waals surface area contributed by atoms with Crippen LogP contribution in [0.5, 0.6) is 5.75 Å². The van der Waals surface area contributed by atoms with Gasteiger partial charge in [-0.15, -0.1) is 0 Å². The largest absolute Gasteiger partial charge is 0.503 e. The number of carboxylic acids is 2. The number of phenols is 1. The van der Waals surface area contributed by atoms with Crippen molar-refractivity contribution in [3.8, 4) is 16.9 Å². The van der Waals surface area contributed by atoms with Gasteiger partial charge in [-0.1, -0.05) is 11.6 Å². The summed E-state index contributed by atoms with van der Waals surface area (Å²) in [5, 5.41) is 33.4. The highest BCUT2D eigenvalue weighted by Gasteiger charge is 2.44. The fourth-order valence-corrected chi connectivity index (χ4v) is 3.53. The van der Waals surface area contributed by atoms with Crippen LogP contribution in [0, 0.1) is 11.7 Å². The molecule has 0 spiro atoms. The normalized spacial score (nSPS) is 16.2. The van der Waals surface area contributed by atoms with Crippen molar-refractivity contribution >= 4 is 51.8 Å². The number of benzene rings is 1. The molecule has 5 rings (SSSR count). The molecule has 1 aliphatic rings. The highest BCUT2D eigenvalue weighted by molar-refractivity contribution is 6.35. The molecule has 4 aromatic rings. The Balaban J connectivity index is 0.000000289. The second-order valence-corrected chi connectivity index (χ2v) is 8.65. The number of rotatable bonds is 3. The van der Waals surface area contributed by atoms with Gasteiger partial charge in [-0.05, 0) is 18.6 Å². The topological polar surface area (TPSA) is 170 Å². The van der Waals surface area contributed by atoms with Crippen molar-refractivity contribution in [3.63, 3.8) is 0 Å². The Kier molecular flexibility index (Phi) is 8.84. The van der Waals surface area contributed by atoms with E-state index in [1.165, 1.54) is 6.20 Å². The van der Waals surface area contributed by atoms with Gasteiger partial charge in [0.05, 0.1) is 23.3 Å². The SMILES string of the molecule is O=C(Nc1cn2cc(-c3c(Cl)c(F)c(O)c4[nH]ncc34)ccc2n1)[C@@H]1C[C@@H]1F.O=C(O)C(F)(F)F.O=C(O)C(F)(F)F. The van der Waals surface area contributed by atoms with Crippen LogP contribution in [0.15, 0.2) is 30.7 Å². The third-order valence-corrected chi connectivity index (χ3v) is 5.65. The number of carbonyl (C=O) groups excluding carboxylic acids is 1. The number of anilines is 1. The van der Waals surface area contributed by atoms with Gasteiger partial charge in [0.15, 0.2) is 17.4 Å². The number of hydrogen-bond donors (Lipinski definition) is 5. The number of carbonyl (C=O) groups is 3. The van der Waals surface area contributed by atoms with Gasteiger partial charge in [-0.3, -0.25) is 9.89 Å². The van der Waals surface area contributed by atoms with Crippen molar-refractivity contribution in [3.05, 3.63) is 41.6 Å². The first-order chi connectivity index (χ1) is 19.3. The number of nitrogens with zero attached hydrogens (tertiary/aromatic N) is 3. The number of amides is 1. The van der Waals surface area contributed by atoms with Crippen LogP contribution in [0.3, 0.4) is 0 Å². The van der Waals surface area contributed by atoms with Crippen LogP contribution in [0.2, 0.25) is 5.02 Å². The Labute approximate surface area is 231 Å². The number of imidazole rings is 1. The van der Waals surface area contributed by atoms with Gasteiger partial charge >= 0.3 is 24.3 Å². The molecular formula is C22H14ClF8N5O6. The summed E-state index contributed by atoms with van der Waals surface area (Å²) in [6, 6.07) is 3.36. The fourth-order valence-electron chi connectivity index (χ4n) is 3.23. The van der Waals surface area contributed by atoms with Gasteiger partial charge < -0.3 is 25.0 Å². The molecule has 3 heterocycles. The second-order valence-electron chi connectivity index (χ2n) is 8.27. The Morgan fingerprint density at radius 2 is 1.60 bits per heavy atom. The molecule has 1 aromatic carbocycles. The number of halogens is 9. The molecule has 0 bridgehead atoms. The zero-order chi connectivity index (χ0) is 31.7. The number of phenolic OH excluding ortho intramolecular Hbond substituents is 1. The molecule has 3 aromatic heterocycles. The maximum atomic E-state index is 14.3. The molecule has 1 amide bonds. The van der Waals surface area contributed by atoms with Crippen LogP contribution in [-0.4, -0.2) is 71.3 Å². The van der Waals surface area contributed by atoms with Crippen LogP contribution >= 0.6 is 11.6 Å². The highest BCUT2D eigenvalue weighted by Crippen LogP contribution is 2.42. The highest BCUT2D eigenvalue weighted by atomic mass is 35.5. The summed E-state index contributed by atoms with van der Waals surface area (Å²) in [7, 11) is 0. The van der Waals surface area contributed by atoms with Gasteiger partial charge in [-0.2, -0.15) is 31.4 Å². The van der Waals surface area contributed by atoms with Crippen molar-refractivity contribution < 1.29 is 64.8 Å². The van der Waals surface area contributed by atoms with E-state index in [9.17, 15) is 45.0 Å². The zero-order valence-corrected chi connectivity index (χ0v) is 20.8. The molecule has 2 atom stereocenters. The zero-order valence-electron chi connectivity index (χ0n) is 20.1. The average molecular weight is 632 g/mol. The van der Waals surface area contributed by atoms with Crippen LogP contribution in [0.25, 0.3) is 27.7 Å². The number of nitrogens with one attached hydrogen (secondary N) is 2. The molecule has 0 radical (unpaired) electrons. The lowest BCUT2D eigenvalue weighted by Gasteiger charge is -2.09. The first kappa shape index (κ1) is 31.8. The van der Waals surface area contributed by atoms with E-state index in [0.29, 0.717) is 22.2 Å². The predicted molar refractivity (Wildman–Crippen MR) is 126 cm³/mol. The standard InChI is InChI=1S/C18H12ClF2N5O2.2C2HF3O2/c19-14-13(9-4-22-25-16(9)17(27)15(14)21)7-1-2-12-23-11(6-26(12)5-7)24-18(28)8-3-10(8)20;2*3-2(4,5)1(6)7/h1-2,4-6,8,10,27H,3H2,(H,22,25)(H,24,28);2*(H,6,7)/t8-,10+;;/m1../s1. The van der Waals surface area contributed by atoms with Crippen molar-refractivity contribution in [1.82, 2.24) is 19.6 Å². The molecule has 11 nitrogen and oxygen atoms in total. The number of aliphatic carboxylic acids is 2. The molecule has 0 aliphatic heterocycles.